The molecule has 1 saturated heterocycles. The number of rotatable bonds is 1. The van der Waals surface area contributed by atoms with Crippen molar-refractivity contribution in [3.8, 4) is 0 Å². The van der Waals surface area contributed by atoms with Gasteiger partial charge in [0.05, 0.1) is 0 Å². The van der Waals surface area contributed by atoms with E-state index in [0.717, 1.165) is 29.5 Å². The predicted octanol–water partition coefficient (Wildman–Crippen LogP) is 3.71. The minimum atomic E-state index is 0.205. The lowest BCUT2D eigenvalue weighted by Gasteiger charge is -2.39. The van der Waals surface area contributed by atoms with E-state index in [-0.39, 0.29) is 5.91 Å². The highest BCUT2D eigenvalue weighted by molar-refractivity contribution is 5.96. The Morgan fingerprint density at radius 1 is 1.17 bits per heavy atom. The third kappa shape index (κ3) is 2.43. The predicted molar refractivity (Wildman–Crippen MR) is 74.9 cm³/mol. The number of aryl methyl sites for hydroxylation is 2. The molecule has 2 nitrogen and oxygen atoms in total. The molecule has 0 aliphatic carbocycles. The van der Waals surface area contributed by atoms with Gasteiger partial charge in [-0.2, -0.15) is 0 Å². The zero-order chi connectivity index (χ0) is 13.3. The molecule has 1 amide bonds. The number of nitrogens with zero attached hydrogens (tertiary/aromatic N) is 1. The van der Waals surface area contributed by atoms with Crippen LogP contribution in [-0.2, 0) is 0 Å². The van der Waals surface area contributed by atoms with Crippen LogP contribution in [0.1, 0.15) is 54.6 Å². The van der Waals surface area contributed by atoms with Crippen LogP contribution in [0.3, 0.4) is 0 Å². The number of benzene rings is 1. The van der Waals surface area contributed by atoms with Crippen LogP contribution in [0.4, 0.5) is 0 Å². The van der Waals surface area contributed by atoms with Gasteiger partial charge in [0.15, 0.2) is 0 Å². The molecule has 0 unspecified atom stereocenters. The maximum absolute atomic E-state index is 12.7. The molecule has 0 radical (unpaired) electrons. The summed E-state index contributed by atoms with van der Waals surface area (Å²) in [5.41, 5.74) is 3.10. The van der Waals surface area contributed by atoms with Gasteiger partial charge in [-0.15, -0.1) is 0 Å². The summed E-state index contributed by atoms with van der Waals surface area (Å²) in [5, 5.41) is 0. The molecule has 0 N–H and O–H groups in total. The smallest absolute Gasteiger partial charge is 0.254 e. The summed E-state index contributed by atoms with van der Waals surface area (Å²) >= 11 is 0. The van der Waals surface area contributed by atoms with Crippen molar-refractivity contribution in [2.24, 2.45) is 0 Å². The second-order valence-corrected chi connectivity index (χ2v) is 5.66. The summed E-state index contributed by atoms with van der Waals surface area (Å²) in [5.74, 6) is 0.205. The first-order valence-corrected chi connectivity index (χ1v) is 6.90. The fraction of sp³-hybridized carbons (Fsp3) is 0.562. The van der Waals surface area contributed by atoms with Crippen molar-refractivity contribution in [1.82, 2.24) is 4.90 Å². The summed E-state index contributed by atoms with van der Waals surface area (Å²) in [6.45, 7) is 8.39. The van der Waals surface area contributed by atoms with E-state index in [1.807, 2.05) is 26.0 Å². The Balaban J connectivity index is 2.32. The highest BCUT2D eigenvalue weighted by Gasteiger charge is 2.30. The Morgan fingerprint density at radius 2 is 1.78 bits per heavy atom. The Bertz CT molecular complexity index is 442. The average Bonchev–Trinajstić information content (AvgIpc) is 2.32. The van der Waals surface area contributed by atoms with Crippen LogP contribution in [0.25, 0.3) is 0 Å². The molecule has 1 aliphatic heterocycles. The molecular weight excluding hydrogens is 222 g/mol. The summed E-state index contributed by atoms with van der Waals surface area (Å²) in [4.78, 5) is 14.8. The average molecular weight is 245 g/mol. The molecule has 1 fully saturated rings. The molecule has 1 heterocycles. The van der Waals surface area contributed by atoms with Crippen LogP contribution < -0.4 is 0 Å². The molecule has 1 aliphatic rings. The summed E-state index contributed by atoms with van der Waals surface area (Å²) < 4.78 is 0. The maximum Gasteiger partial charge on any atom is 0.254 e. The lowest BCUT2D eigenvalue weighted by Crippen LogP contribution is -2.47. The SMILES string of the molecule is Cc1ccc(C)c(C(=O)N2[C@H](C)CCC[C@@H]2C)c1. The second kappa shape index (κ2) is 5.13. The van der Waals surface area contributed by atoms with Gasteiger partial charge in [0.2, 0.25) is 0 Å². The Labute approximate surface area is 110 Å². The van der Waals surface area contributed by atoms with E-state index in [9.17, 15) is 4.79 Å². The molecule has 0 bridgehead atoms. The van der Waals surface area contributed by atoms with Crippen LogP contribution in [-0.4, -0.2) is 22.9 Å². The van der Waals surface area contributed by atoms with Crippen molar-refractivity contribution in [3.63, 3.8) is 0 Å². The van der Waals surface area contributed by atoms with Gasteiger partial charge >= 0.3 is 0 Å². The number of piperidine rings is 1. The molecule has 0 aromatic heterocycles. The van der Waals surface area contributed by atoms with Gasteiger partial charge in [-0.1, -0.05) is 17.7 Å². The van der Waals surface area contributed by atoms with E-state index < -0.39 is 0 Å². The van der Waals surface area contributed by atoms with Crippen LogP contribution >= 0.6 is 0 Å². The molecule has 0 spiro atoms. The quantitative estimate of drug-likeness (QED) is 0.738. The van der Waals surface area contributed by atoms with Crippen LogP contribution in [0.2, 0.25) is 0 Å². The first-order chi connectivity index (χ1) is 8.50. The Kier molecular flexibility index (Phi) is 3.74. The van der Waals surface area contributed by atoms with Crippen molar-refractivity contribution in [2.75, 3.05) is 0 Å². The maximum atomic E-state index is 12.7. The molecule has 2 rings (SSSR count). The van der Waals surface area contributed by atoms with Crippen molar-refractivity contribution in [1.29, 1.82) is 0 Å². The minimum Gasteiger partial charge on any atom is -0.333 e. The van der Waals surface area contributed by atoms with E-state index in [0.29, 0.717) is 12.1 Å². The topological polar surface area (TPSA) is 20.3 Å². The van der Waals surface area contributed by atoms with Crippen LogP contribution in [0, 0.1) is 13.8 Å². The van der Waals surface area contributed by atoms with Gasteiger partial charge in [-0.25, -0.2) is 0 Å². The van der Waals surface area contributed by atoms with Crippen LogP contribution in [0.5, 0.6) is 0 Å². The summed E-state index contributed by atoms with van der Waals surface area (Å²) in [6, 6.07) is 6.85. The Hall–Kier alpha value is -1.31. The minimum absolute atomic E-state index is 0.205. The van der Waals surface area contributed by atoms with Gasteiger partial charge < -0.3 is 4.90 Å². The van der Waals surface area contributed by atoms with Gasteiger partial charge in [0, 0.05) is 17.6 Å². The van der Waals surface area contributed by atoms with E-state index in [2.05, 4.69) is 24.8 Å². The third-order valence-electron chi connectivity index (χ3n) is 4.05. The van der Waals surface area contributed by atoms with Crippen molar-refractivity contribution >= 4 is 5.91 Å². The first kappa shape index (κ1) is 13.1. The number of hydrogen-bond acceptors (Lipinski definition) is 1. The molecule has 98 valence electrons. The summed E-state index contributed by atoms with van der Waals surface area (Å²) in [7, 11) is 0. The molecule has 2 heteroatoms. The standard InChI is InChI=1S/C16H23NO/c1-11-8-9-12(2)15(10-11)16(18)17-13(3)6-5-7-14(17)4/h8-10,13-14H,5-7H2,1-4H3/t13-,14+. The van der Waals surface area contributed by atoms with Crippen LogP contribution in [0.15, 0.2) is 18.2 Å². The number of amides is 1. The highest BCUT2D eigenvalue weighted by Crippen LogP contribution is 2.25. The summed E-state index contributed by atoms with van der Waals surface area (Å²) in [6.07, 6.45) is 3.49. The van der Waals surface area contributed by atoms with Gasteiger partial charge in [-0.05, 0) is 58.6 Å². The highest BCUT2D eigenvalue weighted by atomic mass is 16.2. The molecule has 2 atom stereocenters. The molecular formula is C16H23NO. The number of carbonyl (C=O) groups is 1. The molecule has 1 aromatic rings. The van der Waals surface area contributed by atoms with E-state index in [4.69, 9.17) is 0 Å². The zero-order valence-electron chi connectivity index (χ0n) is 11.9. The van der Waals surface area contributed by atoms with E-state index in [1.165, 1.54) is 6.42 Å². The van der Waals surface area contributed by atoms with Gasteiger partial charge in [0.25, 0.3) is 5.91 Å². The first-order valence-electron chi connectivity index (χ1n) is 6.90. The fourth-order valence-electron chi connectivity index (χ4n) is 2.93. The monoisotopic (exact) mass is 245 g/mol. The number of likely N-dealkylation sites (tertiary alicyclic amines) is 1. The van der Waals surface area contributed by atoms with Crippen molar-refractivity contribution in [3.05, 3.63) is 34.9 Å². The fourth-order valence-corrected chi connectivity index (χ4v) is 2.93. The van der Waals surface area contributed by atoms with Crippen molar-refractivity contribution in [2.45, 2.75) is 59.0 Å². The lowest BCUT2D eigenvalue weighted by molar-refractivity contribution is 0.0510. The number of carbonyl (C=O) groups excluding carboxylic acids is 1. The molecule has 18 heavy (non-hydrogen) atoms. The van der Waals surface area contributed by atoms with E-state index in [1.54, 1.807) is 0 Å². The lowest BCUT2D eigenvalue weighted by atomic mass is 9.95. The van der Waals surface area contributed by atoms with Gasteiger partial charge in [-0.3, -0.25) is 4.79 Å². The Morgan fingerprint density at radius 3 is 2.39 bits per heavy atom. The number of hydrogen-bond donors (Lipinski definition) is 0. The van der Waals surface area contributed by atoms with Crippen molar-refractivity contribution < 1.29 is 4.79 Å². The largest absolute Gasteiger partial charge is 0.333 e. The normalized spacial score (nSPS) is 24.1. The zero-order valence-corrected chi connectivity index (χ0v) is 11.9. The third-order valence-corrected chi connectivity index (χ3v) is 4.05. The molecule has 1 aromatic carbocycles. The second-order valence-electron chi connectivity index (χ2n) is 5.66. The molecule has 0 saturated carbocycles. The van der Waals surface area contributed by atoms with Gasteiger partial charge in [0.1, 0.15) is 0 Å². The van der Waals surface area contributed by atoms with E-state index >= 15 is 0 Å².